The average molecular weight is 412 g/mol. The van der Waals surface area contributed by atoms with Gasteiger partial charge in [-0.2, -0.15) is 0 Å². The van der Waals surface area contributed by atoms with Crippen LogP contribution in [0.15, 0.2) is 48.5 Å². The van der Waals surface area contributed by atoms with Crippen LogP contribution in [0.1, 0.15) is 47.6 Å². The maximum Gasteiger partial charge on any atom is 0.257 e. The van der Waals surface area contributed by atoms with Crippen LogP contribution in [-0.2, 0) is 9.53 Å². The highest BCUT2D eigenvalue weighted by Crippen LogP contribution is 2.47. The molecule has 30 heavy (non-hydrogen) atoms. The number of halogens is 2. The van der Waals surface area contributed by atoms with E-state index in [1.807, 2.05) is 35.2 Å². The number of carbonyl (C=O) groups excluding carboxylic acids is 2. The lowest BCUT2D eigenvalue weighted by molar-refractivity contribution is -0.142. The van der Waals surface area contributed by atoms with Crippen molar-refractivity contribution in [3.63, 3.8) is 0 Å². The van der Waals surface area contributed by atoms with Gasteiger partial charge in [0.15, 0.2) is 5.60 Å². The second kappa shape index (κ2) is 7.16. The number of hydrogen-bond donors (Lipinski definition) is 0. The molecule has 1 spiro atoms. The first-order valence-electron chi connectivity index (χ1n) is 10.3. The van der Waals surface area contributed by atoms with Gasteiger partial charge in [0.2, 0.25) is 0 Å². The number of ether oxygens (including phenoxy) is 1. The zero-order chi connectivity index (χ0) is 20.9. The van der Waals surface area contributed by atoms with Gasteiger partial charge in [0.1, 0.15) is 17.9 Å². The van der Waals surface area contributed by atoms with Crippen LogP contribution in [0.3, 0.4) is 0 Å². The van der Waals surface area contributed by atoms with Gasteiger partial charge in [-0.15, -0.1) is 0 Å². The van der Waals surface area contributed by atoms with Gasteiger partial charge in [0, 0.05) is 32.0 Å². The van der Waals surface area contributed by atoms with Crippen molar-refractivity contribution in [3.05, 3.63) is 71.3 Å². The normalized spacial score (nSPS) is 25.1. The van der Waals surface area contributed by atoms with Crippen LogP contribution in [0.25, 0.3) is 0 Å². The summed E-state index contributed by atoms with van der Waals surface area (Å²) >= 11 is 0. The van der Waals surface area contributed by atoms with Gasteiger partial charge < -0.3 is 14.5 Å². The number of carbonyl (C=O) groups is 2. The van der Waals surface area contributed by atoms with Crippen molar-refractivity contribution in [2.75, 3.05) is 13.1 Å². The highest BCUT2D eigenvalue weighted by atomic mass is 19.1. The molecule has 0 N–H and O–H groups in total. The van der Waals surface area contributed by atoms with Gasteiger partial charge >= 0.3 is 0 Å². The molecule has 2 aromatic rings. The number of benzene rings is 2. The van der Waals surface area contributed by atoms with Gasteiger partial charge in [0.05, 0.1) is 11.6 Å². The van der Waals surface area contributed by atoms with Gasteiger partial charge in [-0.1, -0.05) is 30.3 Å². The Morgan fingerprint density at radius 1 is 1.03 bits per heavy atom. The number of piperidine rings is 1. The van der Waals surface area contributed by atoms with E-state index >= 15 is 0 Å². The van der Waals surface area contributed by atoms with E-state index in [4.69, 9.17) is 4.74 Å². The Hall–Kier alpha value is -2.80. The Kier molecular flexibility index (Phi) is 4.58. The molecule has 3 saturated heterocycles. The number of fused-ring (bicyclic) bond motifs is 1. The Balaban J connectivity index is 1.30. The van der Waals surface area contributed by atoms with E-state index in [9.17, 15) is 18.4 Å². The molecule has 3 aliphatic heterocycles. The maximum absolute atomic E-state index is 14.0. The summed E-state index contributed by atoms with van der Waals surface area (Å²) in [4.78, 5) is 29.4. The molecular formula is C23H22F2N2O3. The van der Waals surface area contributed by atoms with Crippen LogP contribution in [0.5, 0.6) is 0 Å². The van der Waals surface area contributed by atoms with Crippen LogP contribution < -0.4 is 0 Å². The topological polar surface area (TPSA) is 49.9 Å². The lowest BCUT2D eigenvalue weighted by atomic mass is 9.89. The summed E-state index contributed by atoms with van der Waals surface area (Å²) in [5, 5.41) is 0. The summed E-state index contributed by atoms with van der Waals surface area (Å²) < 4.78 is 33.4. The Morgan fingerprint density at radius 3 is 2.47 bits per heavy atom. The third-order valence-electron chi connectivity index (χ3n) is 6.52. The van der Waals surface area contributed by atoms with Crippen molar-refractivity contribution in [2.45, 2.75) is 43.6 Å². The summed E-state index contributed by atoms with van der Waals surface area (Å²) in [5.74, 6) is -2.10. The Bertz CT molecular complexity index is 989. The molecule has 0 saturated carbocycles. The van der Waals surface area contributed by atoms with Crippen molar-refractivity contribution in [1.29, 1.82) is 0 Å². The molecular weight excluding hydrogens is 390 g/mol. The van der Waals surface area contributed by atoms with E-state index in [0.29, 0.717) is 18.9 Å². The molecule has 0 radical (unpaired) electrons. The molecule has 3 aliphatic rings. The molecule has 3 heterocycles. The summed E-state index contributed by atoms with van der Waals surface area (Å²) in [7, 11) is 0. The van der Waals surface area contributed by atoms with E-state index in [0.717, 1.165) is 30.5 Å². The summed E-state index contributed by atoms with van der Waals surface area (Å²) in [5.41, 5.74) is 0.0279. The van der Waals surface area contributed by atoms with Crippen molar-refractivity contribution >= 4 is 11.8 Å². The van der Waals surface area contributed by atoms with Crippen molar-refractivity contribution in [2.24, 2.45) is 0 Å². The maximum atomic E-state index is 14.0. The zero-order valence-electron chi connectivity index (χ0n) is 16.4. The van der Waals surface area contributed by atoms with Gasteiger partial charge in [-0.3, -0.25) is 9.59 Å². The lowest BCUT2D eigenvalue weighted by Gasteiger charge is -2.37. The predicted molar refractivity (Wildman–Crippen MR) is 104 cm³/mol. The van der Waals surface area contributed by atoms with Crippen LogP contribution in [0.4, 0.5) is 8.78 Å². The van der Waals surface area contributed by atoms with Crippen LogP contribution in [0.2, 0.25) is 0 Å². The number of nitrogens with zero attached hydrogens (tertiary/aromatic N) is 2. The van der Waals surface area contributed by atoms with E-state index in [1.54, 1.807) is 0 Å². The van der Waals surface area contributed by atoms with Gasteiger partial charge in [-0.05, 0) is 30.5 Å². The summed E-state index contributed by atoms with van der Waals surface area (Å²) in [6.45, 7) is 0.579. The molecule has 2 atom stereocenters. The number of rotatable bonds is 2. The van der Waals surface area contributed by atoms with Crippen molar-refractivity contribution in [3.8, 4) is 0 Å². The molecule has 156 valence electrons. The first-order valence-corrected chi connectivity index (χ1v) is 10.3. The first kappa shape index (κ1) is 19.2. The molecule has 5 rings (SSSR count). The Labute approximate surface area is 173 Å². The minimum Gasteiger partial charge on any atom is -0.342 e. The fourth-order valence-electron chi connectivity index (χ4n) is 4.95. The zero-order valence-corrected chi connectivity index (χ0v) is 16.4. The van der Waals surface area contributed by atoms with Gasteiger partial charge in [0.25, 0.3) is 11.8 Å². The van der Waals surface area contributed by atoms with Crippen molar-refractivity contribution in [1.82, 2.24) is 9.80 Å². The summed E-state index contributed by atoms with van der Waals surface area (Å²) in [6, 6.07) is 12.9. The molecule has 0 aliphatic carbocycles. The van der Waals surface area contributed by atoms with E-state index in [-0.39, 0.29) is 36.8 Å². The highest BCUT2D eigenvalue weighted by Gasteiger charge is 2.58. The van der Waals surface area contributed by atoms with Crippen LogP contribution in [-0.4, -0.2) is 46.5 Å². The molecule has 2 aromatic carbocycles. The van der Waals surface area contributed by atoms with E-state index < -0.39 is 23.1 Å². The van der Waals surface area contributed by atoms with Gasteiger partial charge in [-0.25, -0.2) is 8.78 Å². The smallest absolute Gasteiger partial charge is 0.257 e. The standard InChI is InChI=1S/C23H22F2N2O3/c24-16-6-7-17(18(25)14-16)21(28)26-12-10-23(11-13-26)22(29)27-19(8-9-20(27)30-23)15-4-2-1-3-5-15/h1-7,14,19-20H,8-13H2/t19-,20+/m0/s1. The predicted octanol–water partition coefficient (Wildman–Crippen LogP) is 3.66. The molecule has 3 fully saturated rings. The minimum absolute atomic E-state index is 0.0102. The van der Waals surface area contributed by atoms with E-state index in [2.05, 4.69) is 0 Å². The monoisotopic (exact) mass is 412 g/mol. The third-order valence-corrected chi connectivity index (χ3v) is 6.52. The third kappa shape index (κ3) is 2.99. The highest BCUT2D eigenvalue weighted by molar-refractivity contribution is 5.95. The molecule has 2 amide bonds. The molecule has 0 unspecified atom stereocenters. The Morgan fingerprint density at radius 2 is 1.77 bits per heavy atom. The molecule has 5 nitrogen and oxygen atoms in total. The van der Waals surface area contributed by atoms with Crippen LogP contribution >= 0.6 is 0 Å². The lowest BCUT2D eigenvalue weighted by Crippen LogP contribution is -2.51. The first-order chi connectivity index (χ1) is 14.5. The molecule has 0 bridgehead atoms. The minimum atomic E-state index is -0.920. The average Bonchev–Trinajstić information content (AvgIpc) is 3.27. The summed E-state index contributed by atoms with van der Waals surface area (Å²) in [6.07, 6.45) is 2.16. The number of hydrogen-bond acceptors (Lipinski definition) is 3. The fourth-order valence-corrected chi connectivity index (χ4v) is 4.95. The second-order valence-electron chi connectivity index (χ2n) is 8.20. The number of amides is 2. The second-order valence-corrected chi connectivity index (χ2v) is 8.20. The van der Waals surface area contributed by atoms with Crippen LogP contribution in [0, 0.1) is 11.6 Å². The van der Waals surface area contributed by atoms with E-state index in [1.165, 1.54) is 4.90 Å². The number of likely N-dealkylation sites (tertiary alicyclic amines) is 1. The molecule has 0 aromatic heterocycles. The molecule has 7 heteroatoms. The van der Waals surface area contributed by atoms with Crippen molar-refractivity contribution < 1.29 is 23.1 Å². The fraction of sp³-hybridized carbons (Fsp3) is 0.391. The quantitative estimate of drug-likeness (QED) is 0.757. The SMILES string of the molecule is O=C(c1ccc(F)cc1F)N1CCC2(CC1)O[C@@H]1CC[C@@H](c3ccccc3)N1C2=O. The largest absolute Gasteiger partial charge is 0.342 e.